The van der Waals surface area contributed by atoms with E-state index >= 15 is 0 Å². The van der Waals surface area contributed by atoms with Gasteiger partial charge >= 0.3 is 0 Å². The van der Waals surface area contributed by atoms with Gasteiger partial charge in [-0.3, -0.25) is 4.79 Å². The van der Waals surface area contributed by atoms with E-state index in [0.29, 0.717) is 23.5 Å². The molecule has 4 nitrogen and oxygen atoms in total. The first-order valence-electron chi connectivity index (χ1n) is 6.63. The Hall–Kier alpha value is -2.17. The second kappa shape index (κ2) is 7.57. The zero-order chi connectivity index (χ0) is 15.1. The van der Waals surface area contributed by atoms with Gasteiger partial charge in [-0.05, 0) is 24.3 Å². The Bertz CT molecular complexity index is 559. The maximum Gasteiger partial charge on any atom is 0.193 e. The molecule has 0 N–H and O–H groups in total. The van der Waals surface area contributed by atoms with E-state index < -0.39 is 6.29 Å². The van der Waals surface area contributed by atoms with Crippen molar-refractivity contribution in [1.29, 1.82) is 0 Å². The van der Waals surface area contributed by atoms with Crippen molar-refractivity contribution in [3.8, 4) is 5.75 Å². The lowest BCUT2D eigenvalue weighted by Crippen LogP contribution is -2.22. The van der Waals surface area contributed by atoms with Crippen LogP contribution in [0.3, 0.4) is 0 Å². The highest BCUT2D eigenvalue weighted by molar-refractivity contribution is 6.08. The molecular weight excluding hydrogens is 268 g/mol. The summed E-state index contributed by atoms with van der Waals surface area (Å²) in [7, 11) is 3.11. The number of carbonyl (C=O) groups is 1. The fourth-order valence-electron chi connectivity index (χ4n) is 1.86. The van der Waals surface area contributed by atoms with Crippen LogP contribution < -0.4 is 4.74 Å². The van der Waals surface area contributed by atoms with Crippen molar-refractivity contribution in [1.82, 2.24) is 0 Å². The summed E-state index contributed by atoms with van der Waals surface area (Å²) in [5.41, 5.74) is 1.30. The van der Waals surface area contributed by atoms with Gasteiger partial charge in [0, 0.05) is 25.3 Å². The van der Waals surface area contributed by atoms with Crippen LogP contribution in [0.25, 0.3) is 0 Å². The van der Waals surface area contributed by atoms with E-state index in [9.17, 15) is 4.79 Å². The van der Waals surface area contributed by atoms with Crippen molar-refractivity contribution in [3.05, 3.63) is 65.7 Å². The predicted molar refractivity (Wildman–Crippen MR) is 79.6 cm³/mol. The van der Waals surface area contributed by atoms with Crippen LogP contribution in [0.2, 0.25) is 0 Å². The minimum Gasteiger partial charge on any atom is -0.488 e. The maximum atomic E-state index is 12.2. The van der Waals surface area contributed by atoms with Crippen molar-refractivity contribution in [3.63, 3.8) is 0 Å². The van der Waals surface area contributed by atoms with Crippen LogP contribution in [-0.4, -0.2) is 32.9 Å². The van der Waals surface area contributed by atoms with Gasteiger partial charge in [-0.1, -0.05) is 30.3 Å². The van der Waals surface area contributed by atoms with Gasteiger partial charge < -0.3 is 14.2 Å². The van der Waals surface area contributed by atoms with E-state index in [2.05, 4.69) is 0 Å². The predicted octanol–water partition coefficient (Wildman–Crippen LogP) is 2.92. The average molecular weight is 286 g/mol. The van der Waals surface area contributed by atoms with Crippen LogP contribution in [0.15, 0.2) is 54.6 Å². The third-order valence-corrected chi connectivity index (χ3v) is 3.06. The summed E-state index contributed by atoms with van der Waals surface area (Å²) in [4.78, 5) is 12.2. The minimum atomic E-state index is -0.407. The molecule has 0 radical (unpaired) electrons. The molecule has 0 aromatic heterocycles. The average Bonchev–Trinajstić information content (AvgIpc) is 2.56. The molecule has 0 aliphatic heterocycles. The molecule has 2 rings (SSSR count). The quantitative estimate of drug-likeness (QED) is 0.580. The highest BCUT2D eigenvalue weighted by Crippen LogP contribution is 2.16. The van der Waals surface area contributed by atoms with Crippen molar-refractivity contribution >= 4 is 5.78 Å². The third kappa shape index (κ3) is 4.15. The van der Waals surface area contributed by atoms with Gasteiger partial charge in [-0.15, -0.1) is 0 Å². The maximum absolute atomic E-state index is 12.2. The molecule has 21 heavy (non-hydrogen) atoms. The van der Waals surface area contributed by atoms with Crippen LogP contribution in [-0.2, 0) is 9.47 Å². The van der Waals surface area contributed by atoms with Crippen molar-refractivity contribution < 1.29 is 19.0 Å². The smallest absolute Gasteiger partial charge is 0.193 e. The third-order valence-electron chi connectivity index (χ3n) is 3.06. The van der Waals surface area contributed by atoms with E-state index in [-0.39, 0.29) is 5.78 Å². The second-order valence-electron chi connectivity index (χ2n) is 4.43. The lowest BCUT2D eigenvalue weighted by molar-refractivity contribution is -0.121. The van der Waals surface area contributed by atoms with E-state index in [4.69, 9.17) is 14.2 Å². The first-order valence-corrected chi connectivity index (χ1v) is 6.63. The zero-order valence-corrected chi connectivity index (χ0v) is 12.1. The molecule has 0 saturated carbocycles. The zero-order valence-electron chi connectivity index (χ0n) is 12.1. The van der Waals surface area contributed by atoms with Crippen LogP contribution in [0.4, 0.5) is 0 Å². The van der Waals surface area contributed by atoms with Gasteiger partial charge in [0.05, 0.1) is 0 Å². The van der Waals surface area contributed by atoms with Crippen LogP contribution in [0.5, 0.6) is 5.75 Å². The Morgan fingerprint density at radius 2 is 1.48 bits per heavy atom. The Morgan fingerprint density at radius 3 is 2.05 bits per heavy atom. The van der Waals surface area contributed by atoms with Gasteiger partial charge in [-0.2, -0.15) is 0 Å². The topological polar surface area (TPSA) is 44.8 Å². The summed E-state index contributed by atoms with van der Waals surface area (Å²) in [5, 5.41) is 0. The monoisotopic (exact) mass is 286 g/mol. The Kier molecular flexibility index (Phi) is 5.49. The normalized spacial score (nSPS) is 10.6. The van der Waals surface area contributed by atoms with E-state index in [1.54, 1.807) is 50.6 Å². The number of hydrogen-bond donors (Lipinski definition) is 0. The fraction of sp³-hybridized carbons (Fsp3) is 0.235. The number of benzene rings is 2. The number of ketones is 1. The van der Waals surface area contributed by atoms with Crippen LogP contribution in [0, 0.1) is 0 Å². The number of hydrogen-bond acceptors (Lipinski definition) is 4. The molecule has 0 unspecified atom stereocenters. The summed E-state index contributed by atoms with van der Waals surface area (Å²) in [5.74, 6) is 0.660. The van der Waals surface area contributed by atoms with Crippen molar-refractivity contribution in [2.24, 2.45) is 0 Å². The van der Waals surface area contributed by atoms with E-state index in [1.807, 2.05) is 18.2 Å². The summed E-state index contributed by atoms with van der Waals surface area (Å²) in [6.07, 6.45) is -0.407. The number of rotatable bonds is 7. The van der Waals surface area contributed by atoms with E-state index in [0.717, 1.165) is 0 Å². The SMILES string of the molecule is COC(COc1ccc(C(=O)c2ccccc2)cc1)OC. The summed E-state index contributed by atoms with van der Waals surface area (Å²) < 4.78 is 15.6. The molecular formula is C17H18O4. The standard InChI is InChI=1S/C17H18O4/c1-19-16(20-2)12-21-15-10-8-14(9-11-15)17(18)13-6-4-3-5-7-13/h3-11,16H,12H2,1-2H3. The fourth-order valence-corrected chi connectivity index (χ4v) is 1.86. The molecule has 0 bridgehead atoms. The van der Waals surface area contributed by atoms with E-state index in [1.165, 1.54) is 0 Å². The Labute approximate surface area is 124 Å². The summed E-state index contributed by atoms with van der Waals surface area (Å²) in [6, 6.07) is 16.2. The number of methoxy groups -OCH3 is 2. The summed E-state index contributed by atoms with van der Waals surface area (Å²) >= 11 is 0. The largest absolute Gasteiger partial charge is 0.488 e. The Balaban J connectivity index is 2.00. The van der Waals surface area contributed by atoms with Crippen LogP contribution in [0.1, 0.15) is 15.9 Å². The molecule has 2 aromatic carbocycles. The molecule has 0 heterocycles. The first-order chi connectivity index (χ1) is 10.2. The summed E-state index contributed by atoms with van der Waals surface area (Å²) in [6.45, 7) is 0.291. The molecule has 0 saturated heterocycles. The van der Waals surface area contributed by atoms with Gasteiger partial charge in [-0.25, -0.2) is 0 Å². The molecule has 4 heteroatoms. The molecule has 0 amide bonds. The van der Waals surface area contributed by atoms with Crippen molar-refractivity contribution in [2.45, 2.75) is 6.29 Å². The van der Waals surface area contributed by atoms with Crippen LogP contribution >= 0.6 is 0 Å². The van der Waals surface area contributed by atoms with Gasteiger partial charge in [0.25, 0.3) is 0 Å². The van der Waals surface area contributed by atoms with Crippen molar-refractivity contribution in [2.75, 3.05) is 20.8 Å². The molecule has 0 aliphatic carbocycles. The highest BCUT2D eigenvalue weighted by atomic mass is 16.7. The lowest BCUT2D eigenvalue weighted by atomic mass is 10.0. The molecule has 0 fully saturated rings. The molecule has 0 aliphatic rings. The second-order valence-corrected chi connectivity index (χ2v) is 4.43. The Morgan fingerprint density at radius 1 is 0.905 bits per heavy atom. The lowest BCUT2D eigenvalue weighted by Gasteiger charge is -2.14. The van der Waals surface area contributed by atoms with Gasteiger partial charge in [0.2, 0.25) is 0 Å². The van der Waals surface area contributed by atoms with Gasteiger partial charge in [0.1, 0.15) is 12.4 Å². The molecule has 2 aromatic rings. The minimum absolute atomic E-state index is 0.00573. The van der Waals surface area contributed by atoms with Gasteiger partial charge in [0.15, 0.2) is 12.1 Å². The highest BCUT2D eigenvalue weighted by Gasteiger charge is 2.09. The molecule has 0 spiro atoms. The first kappa shape index (κ1) is 15.2. The number of ether oxygens (including phenoxy) is 3. The molecule has 0 atom stereocenters. The number of carbonyl (C=O) groups excluding carboxylic acids is 1. The molecule has 110 valence electrons.